The molecule has 7 heteroatoms. The van der Waals surface area contributed by atoms with Gasteiger partial charge < -0.3 is 20.7 Å². The maximum Gasteiger partial charge on any atom is 0.312 e. The van der Waals surface area contributed by atoms with Gasteiger partial charge in [-0.2, -0.15) is 4.39 Å². The maximum atomic E-state index is 13.5. The molecule has 0 spiro atoms. The van der Waals surface area contributed by atoms with Crippen LogP contribution in [-0.4, -0.2) is 29.8 Å². The zero-order chi connectivity index (χ0) is 13.2. The largest absolute Gasteiger partial charge is 0.503 e. The van der Waals surface area contributed by atoms with Crippen molar-refractivity contribution in [2.75, 3.05) is 13.7 Å². The van der Waals surface area contributed by atoms with Gasteiger partial charge in [-0.15, -0.1) is 0 Å². The van der Waals surface area contributed by atoms with Crippen molar-refractivity contribution in [3.8, 4) is 11.5 Å². The van der Waals surface area contributed by atoms with Crippen LogP contribution in [0, 0.1) is 11.6 Å². The number of halogens is 2. The lowest BCUT2D eigenvalue weighted by Crippen LogP contribution is -2.22. The fraction of sp³-hybridized carbons (Fsp3) is 0.300. The average molecular weight is 247 g/mol. The molecular formula is C10H11F2NO4. The Bertz CT molecular complexity index is 450. The van der Waals surface area contributed by atoms with Crippen molar-refractivity contribution in [1.82, 2.24) is 0 Å². The van der Waals surface area contributed by atoms with Crippen LogP contribution < -0.4 is 10.5 Å². The molecule has 0 fully saturated rings. The van der Waals surface area contributed by atoms with Crippen LogP contribution in [-0.2, 0) is 4.79 Å². The van der Waals surface area contributed by atoms with Gasteiger partial charge in [-0.05, 0) is 6.07 Å². The van der Waals surface area contributed by atoms with E-state index in [0.717, 1.165) is 13.2 Å². The summed E-state index contributed by atoms with van der Waals surface area (Å²) in [6.45, 7) is -0.388. The molecule has 1 unspecified atom stereocenters. The van der Waals surface area contributed by atoms with Crippen LogP contribution in [0.15, 0.2) is 6.07 Å². The van der Waals surface area contributed by atoms with E-state index in [1.807, 2.05) is 0 Å². The summed E-state index contributed by atoms with van der Waals surface area (Å²) in [4.78, 5) is 10.8. The van der Waals surface area contributed by atoms with Crippen molar-refractivity contribution in [2.45, 2.75) is 5.92 Å². The van der Waals surface area contributed by atoms with E-state index < -0.39 is 40.6 Å². The van der Waals surface area contributed by atoms with Gasteiger partial charge in [0.05, 0.1) is 13.0 Å². The lowest BCUT2D eigenvalue weighted by atomic mass is 9.98. The zero-order valence-electron chi connectivity index (χ0n) is 8.91. The van der Waals surface area contributed by atoms with Gasteiger partial charge in [0.15, 0.2) is 17.3 Å². The van der Waals surface area contributed by atoms with Gasteiger partial charge in [0.2, 0.25) is 5.82 Å². The van der Waals surface area contributed by atoms with E-state index in [1.165, 1.54) is 0 Å². The molecule has 1 atom stereocenters. The first-order chi connectivity index (χ1) is 7.93. The number of hydrogen-bond donors (Lipinski definition) is 3. The highest BCUT2D eigenvalue weighted by Crippen LogP contribution is 2.34. The predicted molar refractivity (Wildman–Crippen MR) is 54.0 cm³/mol. The second-order valence-corrected chi connectivity index (χ2v) is 3.27. The van der Waals surface area contributed by atoms with Crippen molar-refractivity contribution in [1.29, 1.82) is 0 Å². The van der Waals surface area contributed by atoms with Crippen molar-refractivity contribution in [2.24, 2.45) is 5.73 Å². The normalized spacial score (nSPS) is 12.2. The van der Waals surface area contributed by atoms with E-state index >= 15 is 0 Å². The Morgan fingerprint density at radius 2 is 2.12 bits per heavy atom. The smallest absolute Gasteiger partial charge is 0.312 e. The average Bonchev–Trinajstić information content (AvgIpc) is 2.29. The topological polar surface area (TPSA) is 92.8 Å². The molecule has 1 aromatic carbocycles. The van der Waals surface area contributed by atoms with Crippen LogP contribution >= 0.6 is 0 Å². The Kier molecular flexibility index (Phi) is 3.84. The first-order valence-electron chi connectivity index (χ1n) is 4.61. The fourth-order valence-electron chi connectivity index (χ4n) is 1.38. The molecule has 0 bridgehead atoms. The number of phenols is 1. The highest BCUT2D eigenvalue weighted by molar-refractivity contribution is 5.77. The summed E-state index contributed by atoms with van der Waals surface area (Å²) in [6, 6.07) is 0.871. The third kappa shape index (κ3) is 2.28. The molecule has 5 nitrogen and oxygen atoms in total. The van der Waals surface area contributed by atoms with E-state index in [1.54, 1.807) is 0 Å². The third-order valence-corrected chi connectivity index (χ3v) is 2.30. The quantitative estimate of drug-likeness (QED) is 0.732. The van der Waals surface area contributed by atoms with Gasteiger partial charge in [0.1, 0.15) is 0 Å². The minimum absolute atomic E-state index is 0.388. The first kappa shape index (κ1) is 13.2. The Labute approximate surface area is 95.4 Å². The number of aromatic hydroxyl groups is 1. The van der Waals surface area contributed by atoms with E-state index in [2.05, 4.69) is 4.74 Å². The van der Waals surface area contributed by atoms with Crippen LogP contribution in [0.2, 0.25) is 0 Å². The summed E-state index contributed by atoms with van der Waals surface area (Å²) in [5.41, 5.74) is 4.77. The second-order valence-electron chi connectivity index (χ2n) is 3.27. The van der Waals surface area contributed by atoms with Crippen molar-refractivity contribution >= 4 is 5.97 Å². The van der Waals surface area contributed by atoms with E-state index in [9.17, 15) is 13.6 Å². The summed E-state index contributed by atoms with van der Waals surface area (Å²) < 4.78 is 31.3. The highest BCUT2D eigenvalue weighted by Gasteiger charge is 2.27. The van der Waals surface area contributed by atoms with Crippen molar-refractivity contribution in [3.05, 3.63) is 23.3 Å². The number of carbonyl (C=O) groups is 1. The summed E-state index contributed by atoms with van der Waals surface area (Å²) in [6.07, 6.45) is 0. The molecule has 0 radical (unpaired) electrons. The lowest BCUT2D eigenvalue weighted by molar-refractivity contribution is -0.138. The molecule has 1 aromatic rings. The summed E-state index contributed by atoms with van der Waals surface area (Å²) in [5, 5.41) is 18.0. The van der Waals surface area contributed by atoms with Crippen LogP contribution in [0.1, 0.15) is 11.5 Å². The van der Waals surface area contributed by atoms with Crippen molar-refractivity contribution in [3.63, 3.8) is 0 Å². The lowest BCUT2D eigenvalue weighted by Gasteiger charge is -2.14. The minimum Gasteiger partial charge on any atom is -0.503 e. The molecule has 17 heavy (non-hydrogen) atoms. The van der Waals surface area contributed by atoms with Gasteiger partial charge >= 0.3 is 5.97 Å². The summed E-state index contributed by atoms with van der Waals surface area (Å²) >= 11 is 0. The van der Waals surface area contributed by atoms with Crippen LogP contribution in [0.4, 0.5) is 8.78 Å². The fourth-order valence-corrected chi connectivity index (χ4v) is 1.38. The number of ether oxygens (including phenoxy) is 1. The molecular weight excluding hydrogens is 236 g/mol. The summed E-state index contributed by atoms with van der Waals surface area (Å²) in [7, 11) is 1.11. The predicted octanol–water partition coefficient (Wildman–Crippen LogP) is 0.806. The molecule has 94 valence electrons. The molecule has 0 saturated heterocycles. The molecule has 0 aliphatic carbocycles. The van der Waals surface area contributed by atoms with Gasteiger partial charge in [-0.25, -0.2) is 4.39 Å². The number of aliphatic carboxylic acids is 1. The van der Waals surface area contributed by atoms with Crippen LogP contribution in [0.3, 0.4) is 0 Å². The maximum absolute atomic E-state index is 13.5. The van der Waals surface area contributed by atoms with Crippen molar-refractivity contribution < 1.29 is 28.5 Å². The van der Waals surface area contributed by atoms with E-state index in [0.29, 0.717) is 0 Å². The summed E-state index contributed by atoms with van der Waals surface area (Å²) in [5.74, 6) is -7.11. The molecule has 1 rings (SSSR count). The Hall–Kier alpha value is -1.89. The monoisotopic (exact) mass is 247 g/mol. The third-order valence-electron chi connectivity index (χ3n) is 2.30. The van der Waals surface area contributed by atoms with Gasteiger partial charge in [-0.1, -0.05) is 0 Å². The zero-order valence-corrected chi connectivity index (χ0v) is 8.91. The number of carboxylic acids is 1. The molecule has 0 heterocycles. The molecule has 0 aliphatic heterocycles. The number of carboxylic acid groups (broad SMARTS) is 1. The van der Waals surface area contributed by atoms with Crippen LogP contribution in [0.5, 0.6) is 11.5 Å². The number of rotatable bonds is 4. The first-order valence-corrected chi connectivity index (χ1v) is 4.61. The minimum atomic E-state index is -1.38. The standard InChI is InChI=1S/C10H11F2NO4/c1-17-6-2-4(5(3-13)10(15)16)7(11)9(14)8(6)12/h2,5,14H,3,13H2,1H3,(H,15,16). The molecule has 0 aromatic heterocycles. The Balaban J connectivity index is 3.43. The molecule has 0 saturated carbocycles. The number of hydrogen-bond acceptors (Lipinski definition) is 4. The Morgan fingerprint density at radius 1 is 1.53 bits per heavy atom. The molecule has 4 N–H and O–H groups in total. The molecule has 0 amide bonds. The molecule has 0 aliphatic rings. The number of phenolic OH excluding ortho intramolecular Hbond substituents is 1. The van der Waals surface area contributed by atoms with Gasteiger partial charge in [0.25, 0.3) is 0 Å². The second kappa shape index (κ2) is 4.96. The van der Waals surface area contributed by atoms with Crippen LogP contribution in [0.25, 0.3) is 0 Å². The number of benzene rings is 1. The van der Waals surface area contributed by atoms with E-state index in [-0.39, 0.29) is 6.54 Å². The van der Waals surface area contributed by atoms with Gasteiger partial charge in [0, 0.05) is 12.1 Å². The SMILES string of the molecule is COc1cc(C(CN)C(=O)O)c(F)c(O)c1F. The number of methoxy groups -OCH3 is 1. The van der Waals surface area contributed by atoms with Gasteiger partial charge in [-0.3, -0.25) is 4.79 Å². The highest BCUT2D eigenvalue weighted by atomic mass is 19.1. The number of nitrogens with two attached hydrogens (primary N) is 1. The van der Waals surface area contributed by atoms with E-state index in [4.69, 9.17) is 15.9 Å². The Morgan fingerprint density at radius 3 is 2.53 bits per heavy atom.